The average molecular weight is 242 g/mol. The molecule has 3 aromatic rings. The molecular formula is C10H10N8. The Labute approximate surface area is 102 Å². The third kappa shape index (κ3) is 2.08. The van der Waals surface area contributed by atoms with Gasteiger partial charge in [0, 0.05) is 0 Å². The van der Waals surface area contributed by atoms with Crippen molar-refractivity contribution < 1.29 is 0 Å². The average Bonchev–Trinajstić information content (AvgIpc) is 3.11. The van der Waals surface area contributed by atoms with E-state index in [1.54, 1.807) is 0 Å². The molecule has 1 aromatic carbocycles. The summed E-state index contributed by atoms with van der Waals surface area (Å²) in [6.45, 7) is 0. The molecule has 8 heteroatoms. The summed E-state index contributed by atoms with van der Waals surface area (Å²) in [6.07, 6.45) is 0.717. The number of nitrogens with one attached hydrogen (secondary N) is 2. The molecule has 0 aliphatic carbocycles. The van der Waals surface area contributed by atoms with Crippen LogP contribution in [0, 0.1) is 0 Å². The molecule has 8 nitrogen and oxygen atoms in total. The molecule has 0 atom stereocenters. The molecule has 0 radical (unpaired) electrons. The second-order valence-corrected chi connectivity index (χ2v) is 3.82. The van der Waals surface area contributed by atoms with Gasteiger partial charge in [0.2, 0.25) is 0 Å². The van der Waals surface area contributed by atoms with Crippen LogP contribution in [-0.2, 0) is 6.42 Å². The van der Waals surface area contributed by atoms with Crippen LogP contribution in [0.1, 0.15) is 23.1 Å². The molecule has 0 bridgehead atoms. The predicted octanol–water partition coefficient (Wildman–Crippen LogP) is 0.0874. The number of aromatic amines is 2. The summed E-state index contributed by atoms with van der Waals surface area (Å²) in [5.74, 6) is 1.16. The minimum absolute atomic E-state index is 0.114. The van der Waals surface area contributed by atoms with Gasteiger partial charge in [-0.05, 0) is 32.8 Å². The normalized spacial score (nSPS) is 10.9. The Balaban J connectivity index is 1.92. The van der Waals surface area contributed by atoms with Crippen molar-refractivity contribution in [2.45, 2.75) is 12.3 Å². The SMILES string of the molecule is c1ccc(CC(c2nnn[nH]2)c2nnn[nH]2)cc1. The summed E-state index contributed by atoms with van der Waals surface area (Å²) in [5.41, 5.74) is 1.16. The molecule has 90 valence electrons. The number of nitrogens with zero attached hydrogens (tertiary/aromatic N) is 6. The molecule has 0 saturated carbocycles. The maximum absolute atomic E-state index is 3.94. The molecule has 3 rings (SSSR count). The number of H-pyrrole nitrogens is 2. The first-order chi connectivity index (χ1) is 8.93. The maximum atomic E-state index is 3.94. The van der Waals surface area contributed by atoms with Crippen molar-refractivity contribution in [3.05, 3.63) is 47.5 Å². The minimum atomic E-state index is -0.114. The predicted molar refractivity (Wildman–Crippen MR) is 60.3 cm³/mol. The van der Waals surface area contributed by atoms with Crippen molar-refractivity contribution in [2.24, 2.45) is 0 Å². The molecule has 0 aliphatic rings. The van der Waals surface area contributed by atoms with Crippen LogP contribution in [0.5, 0.6) is 0 Å². The lowest BCUT2D eigenvalue weighted by molar-refractivity contribution is 0.691. The molecule has 2 heterocycles. The van der Waals surface area contributed by atoms with E-state index >= 15 is 0 Å². The molecule has 2 N–H and O–H groups in total. The van der Waals surface area contributed by atoms with Gasteiger partial charge < -0.3 is 0 Å². The lowest BCUT2D eigenvalue weighted by atomic mass is 9.98. The van der Waals surface area contributed by atoms with Crippen LogP contribution >= 0.6 is 0 Å². The van der Waals surface area contributed by atoms with Crippen LogP contribution in [0.4, 0.5) is 0 Å². The van der Waals surface area contributed by atoms with E-state index in [2.05, 4.69) is 41.2 Å². The first kappa shape index (κ1) is 10.5. The third-order valence-electron chi connectivity index (χ3n) is 2.67. The Morgan fingerprint density at radius 3 is 2.00 bits per heavy atom. The molecule has 0 aliphatic heterocycles. The molecule has 2 aromatic heterocycles. The Hall–Kier alpha value is -2.64. The molecule has 0 unspecified atom stereocenters. The van der Waals surface area contributed by atoms with Crippen molar-refractivity contribution in [2.75, 3.05) is 0 Å². The zero-order valence-corrected chi connectivity index (χ0v) is 9.35. The van der Waals surface area contributed by atoms with Crippen molar-refractivity contribution >= 4 is 0 Å². The quantitative estimate of drug-likeness (QED) is 0.671. The van der Waals surface area contributed by atoms with Crippen molar-refractivity contribution in [3.63, 3.8) is 0 Å². The van der Waals surface area contributed by atoms with E-state index in [-0.39, 0.29) is 5.92 Å². The summed E-state index contributed by atoms with van der Waals surface area (Å²) in [6, 6.07) is 10.0. The second-order valence-electron chi connectivity index (χ2n) is 3.82. The fraction of sp³-hybridized carbons (Fsp3) is 0.200. The smallest absolute Gasteiger partial charge is 0.159 e. The van der Waals surface area contributed by atoms with Crippen molar-refractivity contribution in [1.29, 1.82) is 0 Å². The fourth-order valence-corrected chi connectivity index (χ4v) is 1.80. The summed E-state index contributed by atoms with van der Waals surface area (Å²) in [5, 5.41) is 27.8. The van der Waals surface area contributed by atoms with Gasteiger partial charge in [-0.25, -0.2) is 10.2 Å². The molecule has 0 amide bonds. The monoisotopic (exact) mass is 242 g/mol. The van der Waals surface area contributed by atoms with Crippen molar-refractivity contribution in [1.82, 2.24) is 41.2 Å². The van der Waals surface area contributed by atoms with Gasteiger partial charge in [0.15, 0.2) is 11.6 Å². The molecule has 0 saturated heterocycles. The highest BCUT2D eigenvalue weighted by atomic mass is 15.5. The molecule has 0 spiro atoms. The number of benzene rings is 1. The third-order valence-corrected chi connectivity index (χ3v) is 2.67. The highest BCUT2D eigenvalue weighted by Crippen LogP contribution is 2.21. The molecule has 0 fully saturated rings. The Bertz CT molecular complexity index is 539. The van der Waals surface area contributed by atoms with Crippen LogP contribution < -0.4 is 0 Å². The van der Waals surface area contributed by atoms with E-state index in [4.69, 9.17) is 0 Å². The molecular weight excluding hydrogens is 232 g/mol. The van der Waals surface area contributed by atoms with Gasteiger partial charge in [-0.15, -0.1) is 10.2 Å². The first-order valence-electron chi connectivity index (χ1n) is 5.44. The van der Waals surface area contributed by atoms with Crippen LogP contribution in [0.15, 0.2) is 30.3 Å². The first-order valence-corrected chi connectivity index (χ1v) is 5.44. The van der Waals surface area contributed by atoms with Gasteiger partial charge in [0.25, 0.3) is 0 Å². The zero-order valence-electron chi connectivity index (χ0n) is 9.35. The summed E-state index contributed by atoms with van der Waals surface area (Å²) in [4.78, 5) is 0. The van der Waals surface area contributed by atoms with E-state index in [9.17, 15) is 0 Å². The largest absolute Gasteiger partial charge is 0.242 e. The Kier molecular flexibility index (Phi) is 2.74. The number of hydrogen-bond acceptors (Lipinski definition) is 6. The fourth-order valence-electron chi connectivity index (χ4n) is 1.80. The highest BCUT2D eigenvalue weighted by Gasteiger charge is 2.21. The summed E-state index contributed by atoms with van der Waals surface area (Å²) < 4.78 is 0. The van der Waals surface area contributed by atoms with Gasteiger partial charge in [0.1, 0.15) is 0 Å². The Morgan fingerprint density at radius 2 is 1.50 bits per heavy atom. The van der Waals surface area contributed by atoms with Crippen LogP contribution in [-0.4, -0.2) is 41.2 Å². The van der Waals surface area contributed by atoms with Crippen LogP contribution in [0.2, 0.25) is 0 Å². The molecule has 18 heavy (non-hydrogen) atoms. The minimum Gasteiger partial charge on any atom is -0.242 e. The van der Waals surface area contributed by atoms with Gasteiger partial charge >= 0.3 is 0 Å². The second kappa shape index (κ2) is 4.70. The summed E-state index contributed by atoms with van der Waals surface area (Å²) in [7, 11) is 0. The van der Waals surface area contributed by atoms with Gasteiger partial charge in [0.05, 0.1) is 5.92 Å². The van der Waals surface area contributed by atoms with E-state index in [1.165, 1.54) is 0 Å². The highest BCUT2D eigenvalue weighted by molar-refractivity contribution is 5.20. The standard InChI is InChI=1S/C10H10N8/c1-2-4-7(5-3-1)6-8(9-11-15-16-12-9)10-13-17-18-14-10/h1-5,8H,6H2,(H,11,12,15,16)(H,13,14,17,18). The van der Waals surface area contributed by atoms with E-state index in [0.29, 0.717) is 18.1 Å². The van der Waals surface area contributed by atoms with Crippen LogP contribution in [0.25, 0.3) is 0 Å². The van der Waals surface area contributed by atoms with E-state index in [1.807, 2.05) is 30.3 Å². The number of aromatic nitrogens is 8. The zero-order chi connectivity index (χ0) is 12.2. The maximum Gasteiger partial charge on any atom is 0.159 e. The number of tetrazole rings is 2. The number of rotatable bonds is 4. The summed E-state index contributed by atoms with van der Waals surface area (Å²) >= 11 is 0. The van der Waals surface area contributed by atoms with Gasteiger partial charge in [-0.1, -0.05) is 30.3 Å². The number of hydrogen-bond donors (Lipinski definition) is 2. The Morgan fingerprint density at radius 1 is 0.889 bits per heavy atom. The lowest BCUT2D eigenvalue weighted by Gasteiger charge is -2.09. The lowest BCUT2D eigenvalue weighted by Crippen LogP contribution is -2.09. The van der Waals surface area contributed by atoms with E-state index in [0.717, 1.165) is 5.56 Å². The van der Waals surface area contributed by atoms with E-state index < -0.39 is 0 Å². The van der Waals surface area contributed by atoms with Crippen LogP contribution in [0.3, 0.4) is 0 Å². The topological polar surface area (TPSA) is 109 Å². The van der Waals surface area contributed by atoms with Crippen molar-refractivity contribution in [3.8, 4) is 0 Å². The van der Waals surface area contributed by atoms with Gasteiger partial charge in [-0.2, -0.15) is 0 Å². The van der Waals surface area contributed by atoms with Gasteiger partial charge in [-0.3, -0.25) is 0 Å².